The lowest BCUT2D eigenvalue weighted by Crippen LogP contribution is -2.50. The van der Waals surface area contributed by atoms with E-state index in [0.717, 1.165) is 8.66 Å². The summed E-state index contributed by atoms with van der Waals surface area (Å²) in [6, 6.07) is 3.94. The third-order valence-corrected chi connectivity index (χ3v) is 4.87. The molecule has 0 N–H and O–H groups in total. The van der Waals surface area contributed by atoms with Crippen LogP contribution in [0.1, 0.15) is 18.2 Å². The van der Waals surface area contributed by atoms with Crippen LogP contribution in [0.25, 0.3) is 0 Å². The molecule has 1 aromatic rings. The van der Waals surface area contributed by atoms with Crippen LogP contribution in [0.5, 0.6) is 0 Å². The van der Waals surface area contributed by atoms with Crippen molar-refractivity contribution in [3.63, 3.8) is 0 Å². The Bertz CT molecular complexity index is 467. The molecule has 2 rings (SSSR count). The van der Waals surface area contributed by atoms with E-state index < -0.39 is 0 Å². The van der Waals surface area contributed by atoms with Crippen LogP contribution in [0.15, 0.2) is 15.9 Å². The van der Waals surface area contributed by atoms with E-state index in [1.165, 1.54) is 0 Å². The highest BCUT2D eigenvalue weighted by molar-refractivity contribution is 9.11. The fraction of sp³-hybridized carbons (Fsp3) is 0.538. The summed E-state index contributed by atoms with van der Waals surface area (Å²) in [6.07, 6.45) is 0.995. The third kappa shape index (κ3) is 3.79. The maximum atomic E-state index is 12.1. The number of amides is 2. The molecule has 0 radical (unpaired) electrons. The molecule has 0 atom stereocenters. The minimum atomic E-state index is 0.151. The van der Waals surface area contributed by atoms with Gasteiger partial charge in [0.2, 0.25) is 11.8 Å². The van der Waals surface area contributed by atoms with E-state index in [9.17, 15) is 9.59 Å². The summed E-state index contributed by atoms with van der Waals surface area (Å²) in [5.74, 6) is 0.326. The van der Waals surface area contributed by atoms with Crippen LogP contribution >= 0.6 is 27.3 Å². The molecule has 1 aromatic heterocycles. The smallest absolute Gasteiger partial charge is 0.227 e. The molecule has 4 nitrogen and oxygen atoms in total. The van der Waals surface area contributed by atoms with Crippen LogP contribution < -0.4 is 0 Å². The number of thiophene rings is 1. The van der Waals surface area contributed by atoms with Crippen molar-refractivity contribution < 1.29 is 9.59 Å². The van der Waals surface area contributed by atoms with Crippen LogP contribution in [0.4, 0.5) is 0 Å². The first-order chi connectivity index (χ1) is 9.10. The summed E-state index contributed by atoms with van der Waals surface area (Å²) < 4.78 is 1.05. The topological polar surface area (TPSA) is 40.6 Å². The minimum absolute atomic E-state index is 0.151. The molecule has 0 spiro atoms. The first kappa shape index (κ1) is 14.5. The maximum Gasteiger partial charge on any atom is 0.227 e. The molecule has 1 aliphatic rings. The molecule has 0 saturated carbocycles. The van der Waals surface area contributed by atoms with Gasteiger partial charge in [-0.1, -0.05) is 6.92 Å². The van der Waals surface area contributed by atoms with Gasteiger partial charge in [-0.05, 0) is 28.1 Å². The molecule has 2 amide bonds. The molecule has 0 bridgehead atoms. The Morgan fingerprint density at radius 1 is 1.16 bits per heavy atom. The Morgan fingerprint density at radius 2 is 1.74 bits per heavy atom. The van der Waals surface area contributed by atoms with E-state index in [2.05, 4.69) is 15.9 Å². The normalized spacial score (nSPS) is 15.7. The predicted octanol–water partition coefficient (Wildman–Crippen LogP) is 2.13. The van der Waals surface area contributed by atoms with Crippen molar-refractivity contribution >= 4 is 39.1 Å². The van der Waals surface area contributed by atoms with E-state index in [0.29, 0.717) is 39.0 Å². The summed E-state index contributed by atoms with van der Waals surface area (Å²) in [7, 11) is 0. The summed E-state index contributed by atoms with van der Waals surface area (Å²) in [5, 5.41) is 0. The second-order valence-electron chi connectivity index (χ2n) is 4.50. The van der Waals surface area contributed by atoms with Crippen molar-refractivity contribution in [3.8, 4) is 0 Å². The van der Waals surface area contributed by atoms with Gasteiger partial charge < -0.3 is 9.80 Å². The van der Waals surface area contributed by atoms with Gasteiger partial charge in [-0.25, -0.2) is 0 Å². The van der Waals surface area contributed by atoms with Crippen LogP contribution in [0.3, 0.4) is 0 Å². The SMILES string of the molecule is CCC(=O)N1CCN(C(=O)Cc2ccc(Br)s2)CC1. The number of carbonyl (C=O) groups excluding carboxylic acids is 2. The van der Waals surface area contributed by atoms with Crippen molar-refractivity contribution in [3.05, 3.63) is 20.8 Å². The number of hydrogen-bond acceptors (Lipinski definition) is 3. The van der Waals surface area contributed by atoms with Crippen molar-refractivity contribution in [2.75, 3.05) is 26.2 Å². The summed E-state index contributed by atoms with van der Waals surface area (Å²) >= 11 is 4.99. The van der Waals surface area contributed by atoms with Crippen molar-refractivity contribution in [2.45, 2.75) is 19.8 Å². The Hall–Kier alpha value is -0.880. The van der Waals surface area contributed by atoms with Crippen LogP contribution in [0.2, 0.25) is 0 Å². The van der Waals surface area contributed by atoms with E-state index in [-0.39, 0.29) is 11.8 Å². The zero-order chi connectivity index (χ0) is 13.8. The van der Waals surface area contributed by atoms with Crippen LogP contribution in [-0.4, -0.2) is 47.8 Å². The van der Waals surface area contributed by atoms with Crippen molar-refractivity contribution in [2.24, 2.45) is 0 Å². The predicted molar refractivity (Wildman–Crippen MR) is 79.2 cm³/mol. The highest BCUT2D eigenvalue weighted by Crippen LogP contribution is 2.23. The van der Waals surface area contributed by atoms with Gasteiger partial charge in [0.25, 0.3) is 0 Å². The van der Waals surface area contributed by atoms with Gasteiger partial charge in [0.1, 0.15) is 0 Å². The molecular formula is C13H17BrN2O2S. The second kappa shape index (κ2) is 6.52. The molecule has 1 aliphatic heterocycles. The standard InChI is InChI=1S/C13H17BrN2O2S/c1-2-12(17)15-5-7-16(8-6-15)13(18)9-10-3-4-11(14)19-10/h3-4H,2,5-9H2,1H3. The lowest BCUT2D eigenvalue weighted by molar-refractivity contribution is -0.138. The molecule has 0 aromatic carbocycles. The minimum Gasteiger partial charge on any atom is -0.339 e. The van der Waals surface area contributed by atoms with Crippen molar-refractivity contribution in [1.82, 2.24) is 9.80 Å². The van der Waals surface area contributed by atoms with E-state index in [1.807, 2.05) is 28.9 Å². The summed E-state index contributed by atoms with van der Waals surface area (Å²) in [4.78, 5) is 28.5. The average Bonchev–Trinajstić information content (AvgIpc) is 2.83. The lowest BCUT2D eigenvalue weighted by Gasteiger charge is -2.34. The van der Waals surface area contributed by atoms with Crippen molar-refractivity contribution in [1.29, 1.82) is 0 Å². The quantitative estimate of drug-likeness (QED) is 0.842. The summed E-state index contributed by atoms with van der Waals surface area (Å²) in [5.41, 5.74) is 0. The van der Waals surface area contributed by atoms with Crippen LogP contribution in [-0.2, 0) is 16.0 Å². The highest BCUT2D eigenvalue weighted by atomic mass is 79.9. The van der Waals surface area contributed by atoms with Gasteiger partial charge >= 0.3 is 0 Å². The highest BCUT2D eigenvalue weighted by Gasteiger charge is 2.23. The van der Waals surface area contributed by atoms with Gasteiger partial charge in [-0.15, -0.1) is 11.3 Å². The van der Waals surface area contributed by atoms with E-state index >= 15 is 0 Å². The van der Waals surface area contributed by atoms with Gasteiger partial charge in [0.15, 0.2) is 0 Å². The van der Waals surface area contributed by atoms with E-state index in [1.54, 1.807) is 11.3 Å². The molecule has 2 heterocycles. The molecular weight excluding hydrogens is 328 g/mol. The van der Waals surface area contributed by atoms with Gasteiger partial charge in [-0.3, -0.25) is 9.59 Å². The Morgan fingerprint density at radius 3 is 2.21 bits per heavy atom. The fourth-order valence-corrected chi connectivity index (χ4v) is 3.61. The number of halogens is 1. The largest absolute Gasteiger partial charge is 0.339 e. The fourth-order valence-electron chi connectivity index (χ4n) is 2.14. The Balaban J connectivity index is 1.84. The molecule has 1 fully saturated rings. The molecule has 0 aliphatic carbocycles. The zero-order valence-electron chi connectivity index (χ0n) is 10.9. The number of hydrogen-bond donors (Lipinski definition) is 0. The second-order valence-corrected chi connectivity index (χ2v) is 7.05. The number of carbonyl (C=O) groups is 2. The first-order valence-corrected chi connectivity index (χ1v) is 8.01. The molecule has 104 valence electrons. The average molecular weight is 345 g/mol. The molecule has 0 unspecified atom stereocenters. The molecule has 1 saturated heterocycles. The van der Waals surface area contributed by atoms with Gasteiger partial charge in [0.05, 0.1) is 10.2 Å². The number of nitrogens with zero attached hydrogens (tertiary/aromatic N) is 2. The third-order valence-electron chi connectivity index (χ3n) is 3.24. The number of piperazine rings is 1. The number of rotatable bonds is 3. The van der Waals surface area contributed by atoms with Gasteiger partial charge in [-0.2, -0.15) is 0 Å². The molecule has 6 heteroatoms. The van der Waals surface area contributed by atoms with Gasteiger partial charge in [0, 0.05) is 37.5 Å². The van der Waals surface area contributed by atoms with Crippen LogP contribution in [0, 0.1) is 0 Å². The molecule has 19 heavy (non-hydrogen) atoms. The first-order valence-electron chi connectivity index (χ1n) is 6.40. The Kier molecular flexibility index (Phi) is 4.99. The monoisotopic (exact) mass is 344 g/mol. The Labute approximate surface area is 125 Å². The zero-order valence-corrected chi connectivity index (χ0v) is 13.3. The van der Waals surface area contributed by atoms with E-state index in [4.69, 9.17) is 0 Å². The maximum absolute atomic E-state index is 12.1. The summed E-state index contributed by atoms with van der Waals surface area (Å²) in [6.45, 7) is 4.49. The lowest BCUT2D eigenvalue weighted by atomic mass is 10.2.